The predicted molar refractivity (Wildman–Crippen MR) is 139 cm³/mol. The third-order valence-corrected chi connectivity index (χ3v) is 9.34. The van der Waals surface area contributed by atoms with Crippen molar-refractivity contribution in [3.8, 4) is 0 Å². The zero-order valence-corrected chi connectivity index (χ0v) is 21.3. The number of carbonyl (C=O) groups excluding carboxylic acids is 1. The van der Waals surface area contributed by atoms with Crippen LogP contribution in [0.1, 0.15) is 84.5 Å². The Hall–Kier alpha value is -1.53. The lowest BCUT2D eigenvalue weighted by atomic mass is 9.84. The maximum absolute atomic E-state index is 13.5. The van der Waals surface area contributed by atoms with E-state index in [0.717, 1.165) is 44.3 Å². The highest BCUT2D eigenvalue weighted by atomic mass is 32.2. The Morgan fingerprint density at radius 2 is 2.06 bits per heavy atom. The molecule has 2 aliphatic heterocycles. The number of amidine groups is 1. The highest BCUT2D eigenvalue weighted by Gasteiger charge is 2.37. The molecule has 4 rings (SSSR count). The first-order chi connectivity index (χ1) is 15.8. The number of piperidine rings is 1. The molecule has 182 valence electrons. The van der Waals surface area contributed by atoms with E-state index in [1.807, 2.05) is 6.07 Å². The molecule has 6 heteroatoms. The summed E-state index contributed by atoms with van der Waals surface area (Å²) in [5.41, 5.74) is 7.12. The van der Waals surface area contributed by atoms with Crippen LogP contribution in [0.3, 0.4) is 0 Å². The van der Waals surface area contributed by atoms with Crippen molar-refractivity contribution in [2.45, 2.75) is 106 Å². The standard InChI is InChI=1S/C27H42N4OS/c1-19-9-8-15-27(2,30-19)14-6-3-7-16-31-22-10-4-5-11-23(22)33-24(26(31)32)18-20-12-13-21(17-20)25(28)29/h4-5,10-11,19-21,24,30H,3,6-9,12-18H2,1-2H3,(H3,28,29)/t19-,20?,21?,24?,27+/m0/s1. The second kappa shape index (κ2) is 10.8. The van der Waals surface area contributed by atoms with E-state index < -0.39 is 0 Å². The van der Waals surface area contributed by atoms with E-state index in [4.69, 9.17) is 11.1 Å². The van der Waals surface area contributed by atoms with Crippen molar-refractivity contribution in [3.05, 3.63) is 24.3 Å². The van der Waals surface area contributed by atoms with E-state index in [1.165, 1.54) is 43.4 Å². The van der Waals surface area contributed by atoms with Crippen molar-refractivity contribution in [1.82, 2.24) is 5.32 Å². The Morgan fingerprint density at radius 3 is 2.82 bits per heavy atom. The molecule has 0 radical (unpaired) electrons. The number of nitrogens with two attached hydrogens (primary N) is 1. The van der Waals surface area contributed by atoms with Crippen LogP contribution in [0.4, 0.5) is 5.69 Å². The molecule has 1 aromatic rings. The lowest BCUT2D eigenvalue weighted by Gasteiger charge is -2.39. The Morgan fingerprint density at radius 1 is 1.24 bits per heavy atom. The minimum absolute atomic E-state index is 0.0116. The molecule has 5 atom stereocenters. The van der Waals surface area contributed by atoms with Crippen LogP contribution in [-0.4, -0.2) is 35.1 Å². The van der Waals surface area contributed by atoms with Gasteiger partial charge in [0.05, 0.1) is 16.8 Å². The number of anilines is 1. The summed E-state index contributed by atoms with van der Waals surface area (Å²) >= 11 is 1.74. The van der Waals surface area contributed by atoms with Crippen LogP contribution >= 0.6 is 11.8 Å². The van der Waals surface area contributed by atoms with Crippen LogP contribution in [0.15, 0.2) is 29.2 Å². The maximum atomic E-state index is 13.5. The van der Waals surface area contributed by atoms with Crippen molar-refractivity contribution in [2.24, 2.45) is 17.6 Å². The summed E-state index contributed by atoms with van der Waals surface area (Å²) < 4.78 is 0. The number of amides is 1. The average Bonchev–Trinajstić information content (AvgIpc) is 3.24. The molecular weight excluding hydrogens is 428 g/mol. The molecule has 1 aliphatic carbocycles. The molecule has 3 unspecified atom stereocenters. The van der Waals surface area contributed by atoms with Crippen LogP contribution in [0.5, 0.6) is 0 Å². The maximum Gasteiger partial charge on any atom is 0.240 e. The minimum atomic E-state index is -0.0116. The molecule has 5 nitrogen and oxygen atoms in total. The molecule has 1 aromatic carbocycles. The van der Waals surface area contributed by atoms with Gasteiger partial charge in [0, 0.05) is 28.9 Å². The van der Waals surface area contributed by atoms with Gasteiger partial charge in [-0.3, -0.25) is 10.2 Å². The van der Waals surface area contributed by atoms with Gasteiger partial charge >= 0.3 is 0 Å². The SMILES string of the molecule is C[C@H]1CCC[C@@](C)(CCCCCN2C(=O)C(CC3CCC(C(=N)N)C3)Sc3ccccc32)N1. The number of nitrogens with zero attached hydrogens (tertiary/aromatic N) is 1. The lowest BCUT2D eigenvalue weighted by Crippen LogP contribution is -2.50. The summed E-state index contributed by atoms with van der Waals surface area (Å²) in [6, 6.07) is 9.02. The number of carbonyl (C=O) groups is 1. The number of nitrogens with one attached hydrogen (secondary N) is 2. The lowest BCUT2D eigenvalue weighted by molar-refractivity contribution is -0.118. The van der Waals surface area contributed by atoms with Gasteiger partial charge in [0.15, 0.2) is 0 Å². The topological polar surface area (TPSA) is 82.2 Å². The third kappa shape index (κ3) is 6.13. The number of thioether (sulfide) groups is 1. The highest BCUT2D eigenvalue weighted by Crippen LogP contribution is 2.44. The van der Waals surface area contributed by atoms with Crippen molar-refractivity contribution in [3.63, 3.8) is 0 Å². The number of hydrogen-bond donors (Lipinski definition) is 3. The van der Waals surface area contributed by atoms with Gasteiger partial charge in [-0.15, -0.1) is 11.8 Å². The molecular formula is C27H42N4OS. The summed E-state index contributed by atoms with van der Waals surface area (Å²) in [4.78, 5) is 16.8. The molecule has 33 heavy (non-hydrogen) atoms. The van der Waals surface area contributed by atoms with Crippen LogP contribution < -0.4 is 16.0 Å². The first kappa shape index (κ1) is 24.6. The van der Waals surface area contributed by atoms with Gasteiger partial charge in [-0.2, -0.15) is 0 Å². The molecule has 1 saturated carbocycles. The first-order valence-electron chi connectivity index (χ1n) is 13.0. The second-order valence-electron chi connectivity index (χ2n) is 10.9. The fourth-order valence-electron chi connectivity index (χ4n) is 6.23. The van der Waals surface area contributed by atoms with Gasteiger partial charge in [0.2, 0.25) is 5.91 Å². The Balaban J connectivity index is 1.31. The van der Waals surface area contributed by atoms with E-state index in [0.29, 0.717) is 17.8 Å². The molecule has 2 heterocycles. The molecule has 3 aliphatic rings. The zero-order chi connectivity index (χ0) is 23.4. The summed E-state index contributed by atoms with van der Waals surface area (Å²) in [7, 11) is 0. The van der Waals surface area contributed by atoms with Crippen LogP contribution in [-0.2, 0) is 4.79 Å². The van der Waals surface area contributed by atoms with Gasteiger partial charge in [0.25, 0.3) is 0 Å². The smallest absolute Gasteiger partial charge is 0.240 e. The van der Waals surface area contributed by atoms with E-state index in [1.54, 1.807) is 11.8 Å². The van der Waals surface area contributed by atoms with Crippen molar-refractivity contribution in [2.75, 3.05) is 11.4 Å². The van der Waals surface area contributed by atoms with Crippen LogP contribution in [0.25, 0.3) is 0 Å². The first-order valence-corrected chi connectivity index (χ1v) is 13.9. The Labute approximate surface area is 204 Å². The quantitative estimate of drug-likeness (QED) is 0.245. The fraction of sp³-hybridized carbons (Fsp3) is 0.704. The predicted octanol–water partition coefficient (Wildman–Crippen LogP) is 5.72. The van der Waals surface area contributed by atoms with Gasteiger partial charge < -0.3 is 16.0 Å². The van der Waals surface area contributed by atoms with Gasteiger partial charge in [0.1, 0.15) is 0 Å². The number of hydrogen-bond acceptors (Lipinski definition) is 4. The second-order valence-corrected chi connectivity index (χ2v) is 12.2. The van der Waals surface area contributed by atoms with Gasteiger partial charge in [-0.05, 0) is 83.3 Å². The average molecular weight is 471 g/mol. The van der Waals surface area contributed by atoms with Crippen LogP contribution in [0.2, 0.25) is 0 Å². The Bertz CT molecular complexity index is 845. The largest absolute Gasteiger partial charge is 0.387 e. The molecule has 2 fully saturated rings. The minimum Gasteiger partial charge on any atom is -0.387 e. The van der Waals surface area contributed by atoms with E-state index in [-0.39, 0.29) is 22.6 Å². The number of para-hydroxylation sites is 1. The monoisotopic (exact) mass is 470 g/mol. The molecule has 4 N–H and O–H groups in total. The molecule has 0 aromatic heterocycles. The van der Waals surface area contributed by atoms with Gasteiger partial charge in [-0.1, -0.05) is 31.4 Å². The normalized spacial score (nSPS) is 32.1. The van der Waals surface area contributed by atoms with Crippen molar-refractivity contribution < 1.29 is 4.79 Å². The summed E-state index contributed by atoms with van der Waals surface area (Å²) in [6.07, 6.45) is 12.5. The van der Waals surface area contributed by atoms with E-state index >= 15 is 0 Å². The summed E-state index contributed by atoms with van der Waals surface area (Å²) in [5.74, 6) is 1.31. The molecule has 0 spiro atoms. The molecule has 1 amide bonds. The molecule has 1 saturated heterocycles. The fourth-order valence-corrected chi connectivity index (χ4v) is 7.59. The van der Waals surface area contributed by atoms with E-state index in [2.05, 4.69) is 42.3 Å². The summed E-state index contributed by atoms with van der Waals surface area (Å²) in [6.45, 7) is 5.50. The Kier molecular flexibility index (Phi) is 8.06. The number of benzene rings is 1. The van der Waals surface area contributed by atoms with Crippen molar-refractivity contribution in [1.29, 1.82) is 5.41 Å². The number of fused-ring (bicyclic) bond motifs is 1. The number of rotatable bonds is 9. The molecule has 0 bridgehead atoms. The number of unbranched alkanes of at least 4 members (excludes halogenated alkanes) is 2. The van der Waals surface area contributed by atoms with Gasteiger partial charge in [-0.25, -0.2) is 0 Å². The van der Waals surface area contributed by atoms with E-state index in [9.17, 15) is 4.79 Å². The summed E-state index contributed by atoms with van der Waals surface area (Å²) in [5, 5.41) is 11.6. The zero-order valence-electron chi connectivity index (χ0n) is 20.4. The third-order valence-electron chi connectivity index (χ3n) is 8.07. The van der Waals surface area contributed by atoms with Crippen molar-refractivity contribution >= 4 is 29.2 Å². The van der Waals surface area contributed by atoms with Crippen LogP contribution in [0, 0.1) is 17.2 Å². The highest BCUT2D eigenvalue weighted by molar-refractivity contribution is 8.01.